The monoisotopic (exact) mass is 171 g/mol. The van der Waals surface area contributed by atoms with Crippen LogP contribution >= 0.6 is 0 Å². The molecule has 0 aromatic heterocycles. The molecule has 0 radical (unpaired) electrons. The van der Waals surface area contributed by atoms with Gasteiger partial charge in [0.2, 0.25) is 5.91 Å². The topological polar surface area (TPSA) is 55.4 Å². The van der Waals surface area contributed by atoms with Crippen LogP contribution in [0, 0.1) is 5.92 Å². The Morgan fingerprint density at radius 1 is 1.67 bits per heavy atom. The zero-order chi connectivity index (χ0) is 9.14. The molecule has 1 amide bonds. The van der Waals surface area contributed by atoms with E-state index in [1.807, 2.05) is 6.92 Å². The molecule has 1 N–H and O–H groups in total. The predicted octanol–water partition coefficient (Wildman–Crippen LogP) is 0.422. The van der Waals surface area contributed by atoms with E-state index in [0.29, 0.717) is 0 Å². The van der Waals surface area contributed by atoms with E-state index in [9.17, 15) is 9.59 Å². The lowest BCUT2D eigenvalue weighted by atomic mass is 9.94. The minimum atomic E-state index is -0.380. The number of hydrogen-bond donors (Lipinski definition) is 1. The second kappa shape index (κ2) is 3.56. The number of carbonyl (C=O) groups excluding carboxylic acids is 2. The van der Waals surface area contributed by atoms with Gasteiger partial charge >= 0.3 is 5.97 Å². The van der Waals surface area contributed by atoms with Crippen LogP contribution in [-0.4, -0.2) is 18.1 Å². The molecule has 1 fully saturated rings. The zero-order valence-electron chi connectivity index (χ0n) is 7.29. The van der Waals surface area contributed by atoms with Gasteiger partial charge < -0.3 is 10.1 Å². The van der Waals surface area contributed by atoms with Crippen molar-refractivity contribution < 1.29 is 14.3 Å². The first-order valence-corrected chi connectivity index (χ1v) is 4.12. The summed E-state index contributed by atoms with van der Waals surface area (Å²) in [5.41, 5.74) is 0. The maximum atomic E-state index is 10.9. The second-order valence-corrected chi connectivity index (χ2v) is 2.93. The summed E-state index contributed by atoms with van der Waals surface area (Å²) in [4.78, 5) is 21.4. The number of amides is 1. The smallest absolute Gasteiger partial charge is 0.304 e. The first kappa shape index (κ1) is 9.03. The normalized spacial score (nSPS) is 27.3. The molecular weight excluding hydrogens is 158 g/mol. The fourth-order valence-corrected chi connectivity index (χ4v) is 1.27. The molecule has 0 unspecified atom stereocenters. The number of β-lactam (4-membered cyclic amide) rings is 1. The standard InChI is InChI=1S/C8H13NO3/c1-3-4-6-7(11)9-8(6)12-5(2)10/h6,8H,3-4H2,1-2H3,(H,9,11)/t6-,8+/m1/s1. The van der Waals surface area contributed by atoms with Crippen LogP contribution < -0.4 is 5.32 Å². The lowest BCUT2D eigenvalue weighted by Crippen LogP contribution is -2.59. The van der Waals surface area contributed by atoms with E-state index in [2.05, 4.69) is 5.32 Å². The number of carbonyl (C=O) groups is 2. The predicted molar refractivity (Wildman–Crippen MR) is 42.1 cm³/mol. The highest BCUT2D eigenvalue weighted by Crippen LogP contribution is 2.21. The summed E-state index contributed by atoms with van der Waals surface area (Å²) in [6.45, 7) is 3.34. The van der Waals surface area contributed by atoms with Crippen molar-refractivity contribution in [3.63, 3.8) is 0 Å². The van der Waals surface area contributed by atoms with Gasteiger partial charge in [-0.1, -0.05) is 13.3 Å². The van der Waals surface area contributed by atoms with Gasteiger partial charge in [-0.05, 0) is 6.42 Å². The van der Waals surface area contributed by atoms with E-state index in [-0.39, 0.29) is 24.0 Å². The molecule has 1 heterocycles. The van der Waals surface area contributed by atoms with Crippen LogP contribution in [0.5, 0.6) is 0 Å². The summed E-state index contributed by atoms with van der Waals surface area (Å²) in [5, 5.41) is 2.53. The van der Waals surface area contributed by atoms with Gasteiger partial charge in [-0.2, -0.15) is 0 Å². The van der Waals surface area contributed by atoms with E-state index >= 15 is 0 Å². The first-order chi connectivity index (χ1) is 5.65. The summed E-state index contributed by atoms with van der Waals surface area (Å²) in [6, 6.07) is 0. The molecule has 12 heavy (non-hydrogen) atoms. The van der Waals surface area contributed by atoms with Crippen LogP contribution in [0.25, 0.3) is 0 Å². The van der Waals surface area contributed by atoms with Crippen LogP contribution in [0.3, 0.4) is 0 Å². The van der Waals surface area contributed by atoms with Gasteiger partial charge in [0.1, 0.15) is 0 Å². The molecule has 1 aliphatic heterocycles. The van der Waals surface area contributed by atoms with Gasteiger partial charge in [0.25, 0.3) is 0 Å². The molecule has 0 aromatic rings. The molecule has 0 saturated carbocycles. The Labute approximate surface area is 71.3 Å². The third kappa shape index (κ3) is 1.75. The van der Waals surface area contributed by atoms with E-state index in [1.165, 1.54) is 6.92 Å². The molecule has 68 valence electrons. The SMILES string of the molecule is CCC[C@@H]1C(=O)N[C@H]1OC(C)=O. The number of nitrogens with one attached hydrogen (secondary N) is 1. The second-order valence-electron chi connectivity index (χ2n) is 2.93. The molecule has 0 aliphatic carbocycles. The van der Waals surface area contributed by atoms with Crippen molar-refractivity contribution in [3.8, 4) is 0 Å². The molecule has 1 saturated heterocycles. The van der Waals surface area contributed by atoms with E-state index in [4.69, 9.17) is 4.74 Å². The summed E-state index contributed by atoms with van der Waals surface area (Å²) >= 11 is 0. The van der Waals surface area contributed by atoms with E-state index < -0.39 is 0 Å². The van der Waals surface area contributed by atoms with Gasteiger partial charge in [0, 0.05) is 6.92 Å². The van der Waals surface area contributed by atoms with Crippen molar-refractivity contribution >= 4 is 11.9 Å². The number of hydrogen-bond acceptors (Lipinski definition) is 3. The van der Waals surface area contributed by atoms with Crippen LogP contribution in [0.15, 0.2) is 0 Å². The highest BCUT2D eigenvalue weighted by atomic mass is 16.6. The van der Waals surface area contributed by atoms with Crippen molar-refractivity contribution in [1.82, 2.24) is 5.32 Å². The lowest BCUT2D eigenvalue weighted by molar-refractivity contribution is -0.167. The molecule has 4 heteroatoms. The largest absolute Gasteiger partial charge is 0.441 e. The van der Waals surface area contributed by atoms with Gasteiger partial charge in [-0.25, -0.2) is 0 Å². The van der Waals surface area contributed by atoms with E-state index in [0.717, 1.165) is 12.8 Å². The highest BCUT2D eigenvalue weighted by Gasteiger charge is 2.40. The van der Waals surface area contributed by atoms with Crippen molar-refractivity contribution in [2.75, 3.05) is 0 Å². The molecule has 0 aromatic carbocycles. The summed E-state index contributed by atoms with van der Waals surface area (Å²) in [5.74, 6) is -0.483. The highest BCUT2D eigenvalue weighted by molar-refractivity contribution is 5.86. The van der Waals surface area contributed by atoms with Crippen molar-refractivity contribution in [3.05, 3.63) is 0 Å². The average molecular weight is 171 g/mol. The van der Waals surface area contributed by atoms with Gasteiger partial charge in [0.15, 0.2) is 6.23 Å². The Morgan fingerprint density at radius 3 is 2.75 bits per heavy atom. The Hall–Kier alpha value is -1.06. The van der Waals surface area contributed by atoms with Crippen LogP contribution in [0.4, 0.5) is 0 Å². The molecule has 1 aliphatic rings. The quantitative estimate of drug-likeness (QED) is 0.494. The van der Waals surface area contributed by atoms with Crippen LogP contribution in [0.1, 0.15) is 26.7 Å². The fraction of sp³-hybridized carbons (Fsp3) is 0.750. The molecule has 0 bridgehead atoms. The molecular formula is C8H13NO3. The van der Waals surface area contributed by atoms with E-state index in [1.54, 1.807) is 0 Å². The number of rotatable bonds is 3. The van der Waals surface area contributed by atoms with Crippen LogP contribution in [0.2, 0.25) is 0 Å². The van der Waals surface area contributed by atoms with Gasteiger partial charge in [-0.3, -0.25) is 9.59 Å². The molecule has 2 atom stereocenters. The Bertz CT molecular complexity index is 202. The Kier molecular flexibility index (Phi) is 2.68. The average Bonchev–Trinajstić information content (AvgIpc) is 1.99. The summed E-state index contributed by atoms with van der Waals surface area (Å²) in [6.07, 6.45) is 1.33. The summed E-state index contributed by atoms with van der Waals surface area (Å²) < 4.78 is 4.85. The maximum absolute atomic E-state index is 10.9. The fourth-order valence-electron chi connectivity index (χ4n) is 1.27. The third-order valence-electron chi connectivity index (χ3n) is 1.88. The van der Waals surface area contributed by atoms with Crippen molar-refractivity contribution in [1.29, 1.82) is 0 Å². The lowest BCUT2D eigenvalue weighted by Gasteiger charge is -2.35. The van der Waals surface area contributed by atoms with Gasteiger partial charge in [0.05, 0.1) is 5.92 Å². The Balaban J connectivity index is 2.37. The minimum absolute atomic E-state index is 0.0110. The van der Waals surface area contributed by atoms with Crippen LogP contribution in [-0.2, 0) is 14.3 Å². The van der Waals surface area contributed by atoms with Gasteiger partial charge in [-0.15, -0.1) is 0 Å². The third-order valence-corrected chi connectivity index (χ3v) is 1.88. The van der Waals surface area contributed by atoms with Crippen molar-refractivity contribution in [2.24, 2.45) is 5.92 Å². The summed E-state index contributed by atoms with van der Waals surface area (Å²) in [7, 11) is 0. The zero-order valence-corrected chi connectivity index (χ0v) is 7.29. The number of esters is 1. The molecule has 1 rings (SSSR count). The molecule has 4 nitrogen and oxygen atoms in total. The van der Waals surface area contributed by atoms with Crippen molar-refractivity contribution in [2.45, 2.75) is 32.9 Å². The molecule has 0 spiro atoms. The first-order valence-electron chi connectivity index (χ1n) is 4.12. The maximum Gasteiger partial charge on any atom is 0.304 e. The number of ether oxygens (including phenoxy) is 1. The minimum Gasteiger partial charge on any atom is -0.441 e. The Morgan fingerprint density at radius 2 is 2.33 bits per heavy atom.